The SMILES string of the molecule is CCS(=O)OC1=C2C=CCC3=C2c2c(cccc2C1OS(=O)CC)C(=O)C3=O. The molecule has 0 amide bonds. The maximum absolute atomic E-state index is 12.6. The van der Waals surface area contributed by atoms with Crippen molar-refractivity contribution in [2.75, 3.05) is 11.5 Å². The second-order valence-electron chi connectivity index (χ2n) is 6.41. The van der Waals surface area contributed by atoms with Crippen molar-refractivity contribution in [2.24, 2.45) is 0 Å². The molecular formula is C20H18O6S2. The van der Waals surface area contributed by atoms with Gasteiger partial charge in [-0.05, 0) is 12.0 Å². The fraction of sp³-hybridized carbons (Fsp3) is 0.300. The summed E-state index contributed by atoms with van der Waals surface area (Å²) < 4.78 is 35.9. The van der Waals surface area contributed by atoms with Gasteiger partial charge in [0.05, 0.1) is 5.75 Å². The zero-order valence-electron chi connectivity index (χ0n) is 15.4. The summed E-state index contributed by atoms with van der Waals surface area (Å²) in [5.74, 6) is -0.291. The number of allylic oxidation sites excluding steroid dienone is 5. The number of benzene rings is 1. The topological polar surface area (TPSA) is 86.7 Å². The van der Waals surface area contributed by atoms with Crippen molar-refractivity contribution in [3.05, 3.63) is 63.9 Å². The summed E-state index contributed by atoms with van der Waals surface area (Å²) in [6.07, 6.45) is 3.02. The lowest BCUT2D eigenvalue weighted by molar-refractivity contribution is -0.111. The molecule has 1 aromatic rings. The van der Waals surface area contributed by atoms with E-state index < -0.39 is 39.8 Å². The van der Waals surface area contributed by atoms with Crippen LogP contribution in [0.5, 0.6) is 0 Å². The molecule has 0 saturated heterocycles. The van der Waals surface area contributed by atoms with Crippen LogP contribution in [0.2, 0.25) is 0 Å². The molecule has 146 valence electrons. The molecule has 3 unspecified atom stereocenters. The van der Waals surface area contributed by atoms with E-state index in [-0.39, 0.29) is 17.3 Å². The Morgan fingerprint density at radius 3 is 2.54 bits per heavy atom. The molecule has 0 N–H and O–H groups in total. The average Bonchev–Trinajstić information content (AvgIpc) is 2.72. The third-order valence-corrected chi connectivity index (χ3v) is 6.61. The molecule has 0 spiro atoms. The van der Waals surface area contributed by atoms with E-state index >= 15 is 0 Å². The van der Waals surface area contributed by atoms with Crippen molar-refractivity contribution < 1.29 is 26.4 Å². The van der Waals surface area contributed by atoms with Crippen molar-refractivity contribution >= 4 is 39.3 Å². The third-order valence-electron chi connectivity index (χ3n) is 4.89. The van der Waals surface area contributed by atoms with E-state index in [4.69, 9.17) is 8.37 Å². The van der Waals surface area contributed by atoms with Gasteiger partial charge in [-0.15, -0.1) is 0 Å². The molecule has 3 aliphatic rings. The zero-order chi connectivity index (χ0) is 20.0. The standard InChI is InChI=1S/C20H18O6S2/c1-3-27(23)25-19-13-9-5-7-11-15(13)16-12(18(22)17(11)21)8-6-10-14(16)20(19)26-28(24)4-2/h5-7,9-10,19H,3-4,8H2,1-2H3. The van der Waals surface area contributed by atoms with Crippen LogP contribution in [0.4, 0.5) is 0 Å². The number of hydrogen-bond donors (Lipinski definition) is 0. The molecule has 0 fully saturated rings. The molecule has 6 nitrogen and oxygen atoms in total. The molecule has 3 aliphatic carbocycles. The van der Waals surface area contributed by atoms with Gasteiger partial charge < -0.3 is 4.18 Å². The number of Topliss-reactive ketones (excluding diaryl/α,β-unsaturated/α-hetero) is 2. The average molecular weight is 418 g/mol. The predicted molar refractivity (Wildman–Crippen MR) is 106 cm³/mol. The Bertz CT molecular complexity index is 1050. The quantitative estimate of drug-likeness (QED) is 0.661. The van der Waals surface area contributed by atoms with Crippen LogP contribution in [0.25, 0.3) is 5.57 Å². The van der Waals surface area contributed by atoms with Crippen LogP contribution in [0.3, 0.4) is 0 Å². The van der Waals surface area contributed by atoms with Crippen molar-refractivity contribution in [3.8, 4) is 0 Å². The fourth-order valence-electron chi connectivity index (χ4n) is 3.66. The molecule has 3 atom stereocenters. The summed E-state index contributed by atoms with van der Waals surface area (Å²) in [5.41, 5.74) is 3.11. The molecule has 1 aromatic carbocycles. The third kappa shape index (κ3) is 2.87. The Morgan fingerprint density at radius 1 is 1.07 bits per heavy atom. The first kappa shape index (κ1) is 19.2. The number of carbonyl (C=O) groups is 2. The predicted octanol–water partition coefficient (Wildman–Crippen LogP) is 2.87. The maximum Gasteiger partial charge on any atom is 0.233 e. The van der Waals surface area contributed by atoms with Gasteiger partial charge in [0.25, 0.3) is 0 Å². The second-order valence-corrected chi connectivity index (χ2v) is 9.14. The van der Waals surface area contributed by atoms with Crippen LogP contribution >= 0.6 is 0 Å². The second kappa shape index (κ2) is 7.35. The van der Waals surface area contributed by atoms with E-state index in [1.54, 1.807) is 44.2 Å². The van der Waals surface area contributed by atoms with Crippen LogP contribution in [0.15, 0.2) is 47.3 Å². The smallest absolute Gasteiger partial charge is 0.233 e. The van der Waals surface area contributed by atoms with Gasteiger partial charge >= 0.3 is 0 Å². The lowest BCUT2D eigenvalue weighted by atomic mass is 9.71. The highest BCUT2D eigenvalue weighted by atomic mass is 32.2. The first-order valence-corrected chi connectivity index (χ1v) is 11.4. The molecule has 0 heterocycles. The minimum Gasteiger partial charge on any atom is -0.401 e. The van der Waals surface area contributed by atoms with Gasteiger partial charge in [0.1, 0.15) is 0 Å². The van der Waals surface area contributed by atoms with E-state index in [0.29, 0.717) is 39.8 Å². The summed E-state index contributed by atoms with van der Waals surface area (Å²) in [6.45, 7) is 3.45. The minimum absolute atomic E-state index is 0.261. The van der Waals surface area contributed by atoms with Crippen LogP contribution in [-0.2, 0) is 35.3 Å². The van der Waals surface area contributed by atoms with Crippen molar-refractivity contribution in [3.63, 3.8) is 0 Å². The highest BCUT2D eigenvalue weighted by Crippen LogP contribution is 2.50. The summed E-state index contributed by atoms with van der Waals surface area (Å²) in [4.78, 5) is 25.3. The molecule has 8 heteroatoms. The number of hydrogen-bond acceptors (Lipinski definition) is 6. The Balaban J connectivity index is 2.02. The molecule has 0 bridgehead atoms. The first-order valence-electron chi connectivity index (χ1n) is 8.96. The highest BCUT2D eigenvalue weighted by Gasteiger charge is 2.43. The Hall–Kier alpha value is -2.16. The van der Waals surface area contributed by atoms with Crippen molar-refractivity contribution in [1.29, 1.82) is 0 Å². The Labute approximate surface area is 167 Å². The molecule has 28 heavy (non-hydrogen) atoms. The van der Waals surface area contributed by atoms with E-state index in [9.17, 15) is 18.0 Å². The molecule has 0 aromatic heterocycles. The van der Waals surface area contributed by atoms with E-state index in [2.05, 4.69) is 0 Å². The first-order chi connectivity index (χ1) is 13.5. The maximum atomic E-state index is 12.6. The Kier molecular flexibility index (Phi) is 5.03. The van der Waals surface area contributed by atoms with Gasteiger partial charge in [0, 0.05) is 33.6 Å². The van der Waals surface area contributed by atoms with Gasteiger partial charge in [-0.25, -0.2) is 8.42 Å². The van der Waals surface area contributed by atoms with Gasteiger partial charge in [-0.2, -0.15) is 0 Å². The number of rotatable bonds is 6. The molecular weight excluding hydrogens is 400 g/mol. The van der Waals surface area contributed by atoms with Gasteiger partial charge in [0.2, 0.25) is 22.6 Å². The largest absolute Gasteiger partial charge is 0.401 e. The number of ketones is 2. The number of carbonyl (C=O) groups excluding carboxylic acids is 2. The van der Waals surface area contributed by atoms with Crippen LogP contribution in [-0.4, -0.2) is 31.5 Å². The van der Waals surface area contributed by atoms with Gasteiger partial charge in [0.15, 0.2) is 22.9 Å². The van der Waals surface area contributed by atoms with E-state index in [1.165, 1.54) is 0 Å². The minimum atomic E-state index is -1.61. The molecule has 4 rings (SSSR count). The lowest BCUT2D eigenvalue weighted by Crippen LogP contribution is -2.31. The van der Waals surface area contributed by atoms with E-state index in [1.807, 2.05) is 0 Å². The van der Waals surface area contributed by atoms with Crippen molar-refractivity contribution in [1.82, 2.24) is 0 Å². The van der Waals surface area contributed by atoms with Crippen LogP contribution in [0.1, 0.15) is 47.9 Å². The van der Waals surface area contributed by atoms with Gasteiger partial charge in [-0.1, -0.05) is 44.2 Å². The van der Waals surface area contributed by atoms with Crippen molar-refractivity contribution in [2.45, 2.75) is 26.4 Å². The molecule has 0 aliphatic heterocycles. The Morgan fingerprint density at radius 2 is 1.82 bits per heavy atom. The highest BCUT2D eigenvalue weighted by molar-refractivity contribution is 7.80. The summed E-state index contributed by atoms with van der Waals surface area (Å²) >= 11 is -3.21. The fourth-order valence-corrected chi connectivity index (χ4v) is 4.69. The lowest BCUT2D eigenvalue weighted by Gasteiger charge is -2.35. The molecule has 0 radical (unpaired) electrons. The monoisotopic (exact) mass is 418 g/mol. The van der Waals surface area contributed by atoms with Crippen LogP contribution in [0, 0.1) is 0 Å². The summed E-state index contributed by atoms with van der Waals surface area (Å²) in [6, 6.07) is 5.04. The summed E-state index contributed by atoms with van der Waals surface area (Å²) in [7, 11) is 0. The zero-order valence-corrected chi connectivity index (χ0v) is 17.0. The normalized spacial score (nSPS) is 22.3. The van der Waals surface area contributed by atoms with Crippen LogP contribution < -0.4 is 0 Å². The van der Waals surface area contributed by atoms with Gasteiger partial charge in [-0.3, -0.25) is 13.8 Å². The molecule has 0 saturated carbocycles. The van der Waals surface area contributed by atoms with E-state index in [0.717, 1.165) is 0 Å². The summed E-state index contributed by atoms with van der Waals surface area (Å²) in [5, 5.41) is 0.